The zero-order valence-electron chi connectivity index (χ0n) is 10.6. The number of piperidine rings is 1. The predicted molar refractivity (Wildman–Crippen MR) is 78.5 cm³/mol. The average Bonchev–Trinajstić information content (AvgIpc) is 2.82. The minimum absolute atomic E-state index is 0. The molecule has 0 aromatic carbocycles. The van der Waals surface area contributed by atoms with Gasteiger partial charge in [0.1, 0.15) is 0 Å². The van der Waals surface area contributed by atoms with E-state index in [1.54, 1.807) is 11.3 Å². The zero-order valence-corrected chi connectivity index (χ0v) is 12.3. The van der Waals surface area contributed by atoms with Crippen LogP contribution in [0.1, 0.15) is 24.6 Å². The van der Waals surface area contributed by atoms with Crippen LogP contribution in [0.3, 0.4) is 0 Å². The van der Waals surface area contributed by atoms with Gasteiger partial charge in [-0.05, 0) is 43.3 Å². The molecule has 0 saturated carbocycles. The monoisotopic (exact) mass is 288 g/mol. The lowest BCUT2D eigenvalue weighted by atomic mass is 9.95. The minimum atomic E-state index is 0. The molecule has 0 spiro atoms. The molecule has 2 heterocycles. The summed E-state index contributed by atoms with van der Waals surface area (Å²) in [4.78, 5) is 13.1. The van der Waals surface area contributed by atoms with Crippen molar-refractivity contribution in [1.82, 2.24) is 10.6 Å². The highest BCUT2D eigenvalue weighted by atomic mass is 35.5. The topological polar surface area (TPSA) is 41.1 Å². The largest absolute Gasteiger partial charge is 0.353 e. The van der Waals surface area contributed by atoms with Crippen molar-refractivity contribution < 1.29 is 4.79 Å². The molecule has 1 aromatic rings. The smallest absolute Gasteiger partial charge is 0.220 e. The number of amides is 1. The fourth-order valence-electron chi connectivity index (χ4n) is 2.20. The highest BCUT2D eigenvalue weighted by Crippen LogP contribution is 2.13. The van der Waals surface area contributed by atoms with Gasteiger partial charge < -0.3 is 10.6 Å². The van der Waals surface area contributed by atoms with E-state index in [2.05, 4.69) is 29.0 Å². The van der Waals surface area contributed by atoms with E-state index in [0.717, 1.165) is 25.9 Å². The molecule has 3 nitrogen and oxygen atoms in total. The van der Waals surface area contributed by atoms with Crippen LogP contribution in [0.2, 0.25) is 0 Å². The van der Waals surface area contributed by atoms with Crippen molar-refractivity contribution in [1.29, 1.82) is 0 Å². The van der Waals surface area contributed by atoms with Crippen LogP contribution in [-0.2, 0) is 11.2 Å². The molecule has 1 saturated heterocycles. The van der Waals surface area contributed by atoms with E-state index in [-0.39, 0.29) is 18.3 Å². The Bertz CT molecular complexity index is 356. The fraction of sp³-hybridized carbons (Fsp3) is 0.615. The fourth-order valence-corrected chi connectivity index (χ4v) is 2.91. The number of carbonyl (C=O) groups is 1. The SMILES string of the molecule is CC1CNCCC1NC(=O)CCc1cccs1.Cl. The maximum Gasteiger partial charge on any atom is 0.220 e. The maximum absolute atomic E-state index is 11.8. The summed E-state index contributed by atoms with van der Waals surface area (Å²) in [5, 5.41) is 8.56. The van der Waals surface area contributed by atoms with Crippen molar-refractivity contribution in [3.8, 4) is 0 Å². The summed E-state index contributed by atoms with van der Waals surface area (Å²) in [5.74, 6) is 0.728. The third-order valence-corrected chi connectivity index (χ3v) is 4.25. The second-order valence-electron chi connectivity index (χ2n) is 4.72. The maximum atomic E-state index is 11.8. The van der Waals surface area contributed by atoms with Crippen LogP contribution in [0.4, 0.5) is 0 Å². The Morgan fingerprint density at radius 1 is 1.61 bits per heavy atom. The summed E-state index contributed by atoms with van der Waals surface area (Å²) < 4.78 is 0. The van der Waals surface area contributed by atoms with Gasteiger partial charge in [-0.25, -0.2) is 0 Å². The molecule has 2 rings (SSSR count). The van der Waals surface area contributed by atoms with Crippen LogP contribution in [0, 0.1) is 5.92 Å². The molecule has 0 aliphatic carbocycles. The molecule has 2 N–H and O–H groups in total. The third kappa shape index (κ3) is 4.59. The zero-order chi connectivity index (χ0) is 12.1. The summed E-state index contributed by atoms with van der Waals surface area (Å²) >= 11 is 1.72. The molecule has 1 amide bonds. The van der Waals surface area contributed by atoms with Gasteiger partial charge in [0.25, 0.3) is 0 Å². The normalized spacial score (nSPS) is 23.2. The molecule has 18 heavy (non-hydrogen) atoms. The van der Waals surface area contributed by atoms with E-state index in [0.29, 0.717) is 18.4 Å². The Kier molecular flexibility index (Phi) is 6.68. The number of thiophene rings is 1. The van der Waals surface area contributed by atoms with Gasteiger partial charge in [0, 0.05) is 17.3 Å². The van der Waals surface area contributed by atoms with E-state index < -0.39 is 0 Å². The Hall–Kier alpha value is -0.580. The highest BCUT2D eigenvalue weighted by molar-refractivity contribution is 7.09. The van der Waals surface area contributed by atoms with Crippen LogP contribution in [0.5, 0.6) is 0 Å². The summed E-state index contributed by atoms with van der Waals surface area (Å²) in [6, 6.07) is 4.48. The number of rotatable bonds is 4. The molecule has 1 aromatic heterocycles. The molecule has 0 bridgehead atoms. The molecule has 1 fully saturated rings. The van der Waals surface area contributed by atoms with Gasteiger partial charge in [-0.1, -0.05) is 13.0 Å². The summed E-state index contributed by atoms with van der Waals surface area (Å²) in [5.41, 5.74) is 0. The first-order chi connectivity index (χ1) is 8.25. The molecule has 2 atom stereocenters. The number of halogens is 1. The Morgan fingerprint density at radius 2 is 2.44 bits per heavy atom. The van der Waals surface area contributed by atoms with Crippen LogP contribution < -0.4 is 10.6 Å². The van der Waals surface area contributed by atoms with E-state index in [9.17, 15) is 4.79 Å². The van der Waals surface area contributed by atoms with Gasteiger partial charge in [-0.3, -0.25) is 4.79 Å². The number of hydrogen-bond acceptors (Lipinski definition) is 3. The van der Waals surface area contributed by atoms with Gasteiger partial charge in [0.2, 0.25) is 5.91 Å². The first-order valence-electron chi connectivity index (χ1n) is 6.28. The lowest BCUT2D eigenvalue weighted by molar-refractivity contribution is -0.122. The van der Waals surface area contributed by atoms with Crippen molar-refractivity contribution in [2.45, 2.75) is 32.2 Å². The first-order valence-corrected chi connectivity index (χ1v) is 7.16. The minimum Gasteiger partial charge on any atom is -0.353 e. The van der Waals surface area contributed by atoms with Crippen LogP contribution in [0.25, 0.3) is 0 Å². The number of aryl methyl sites for hydroxylation is 1. The van der Waals surface area contributed by atoms with E-state index in [4.69, 9.17) is 0 Å². The van der Waals surface area contributed by atoms with Crippen molar-refractivity contribution >= 4 is 29.7 Å². The first kappa shape index (κ1) is 15.5. The van der Waals surface area contributed by atoms with Crippen molar-refractivity contribution in [2.75, 3.05) is 13.1 Å². The van der Waals surface area contributed by atoms with E-state index >= 15 is 0 Å². The van der Waals surface area contributed by atoms with Crippen LogP contribution in [-0.4, -0.2) is 25.0 Å². The van der Waals surface area contributed by atoms with Gasteiger partial charge in [-0.15, -0.1) is 23.7 Å². The average molecular weight is 289 g/mol. The Labute approximate surface area is 119 Å². The third-order valence-electron chi connectivity index (χ3n) is 3.31. The molecular weight excluding hydrogens is 268 g/mol. The number of hydrogen-bond donors (Lipinski definition) is 2. The predicted octanol–water partition coefficient (Wildman–Crippen LogP) is 2.22. The second kappa shape index (κ2) is 7.77. The standard InChI is InChI=1S/C13H20N2OS.ClH/c1-10-9-14-7-6-12(10)15-13(16)5-4-11-3-2-8-17-11;/h2-3,8,10,12,14H,4-7,9H2,1H3,(H,15,16);1H. The van der Waals surface area contributed by atoms with Gasteiger partial charge in [0.15, 0.2) is 0 Å². The molecule has 1 aliphatic heterocycles. The second-order valence-corrected chi connectivity index (χ2v) is 5.76. The Balaban J connectivity index is 0.00000162. The van der Waals surface area contributed by atoms with Crippen molar-refractivity contribution in [3.05, 3.63) is 22.4 Å². The molecule has 5 heteroatoms. The number of nitrogens with one attached hydrogen (secondary N) is 2. The van der Waals surface area contributed by atoms with Gasteiger partial charge >= 0.3 is 0 Å². The Morgan fingerprint density at radius 3 is 3.11 bits per heavy atom. The molecule has 0 radical (unpaired) electrons. The summed E-state index contributed by atoms with van der Waals surface area (Å²) in [6.45, 7) is 4.21. The van der Waals surface area contributed by atoms with E-state index in [1.165, 1.54) is 4.88 Å². The molecular formula is C13H21ClN2OS. The van der Waals surface area contributed by atoms with Crippen LogP contribution >= 0.6 is 23.7 Å². The quantitative estimate of drug-likeness (QED) is 0.892. The molecule has 1 aliphatic rings. The van der Waals surface area contributed by atoms with Crippen LogP contribution in [0.15, 0.2) is 17.5 Å². The lowest BCUT2D eigenvalue weighted by Gasteiger charge is -2.30. The van der Waals surface area contributed by atoms with Crippen molar-refractivity contribution in [3.63, 3.8) is 0 Å². The van der Waals surface area contributed by atoms with Crippen molar-refractivity contribution in [2.24, 2.45) is 5.92 Å². The molecule has 2 unspecified atom stereocenters. The van der Waals surface area contributed by atoms with Gasteiger partial charge in [-0.2, -0.15) is 0 Å². The van der Waals surface area contributed by atoms with E-state index in [1.807, 2.05) is 6.07 Å². The highest BCUT2D eigenvalue weighted by Gasteiger charge is 2.22. The number of carbonyl (C=O) groups excluding carboxylic acids is 1. The molecule has 102 valence electrons. The lowest BCUT2D eigenvalue weighted by Crippen LogP contribution is -2.48. The van der Waals surface area contributed by atoms with Gasteiger partial charge in [0.05, 0.1) is 0 Å². The summed E-state index contributed by atoms with van der Waals surface area (Å²) in [7, 11) is 0. The summed E-state index contributed by atoms with van der Waals surface area (Å²) in [6.07, 6.45) is 2.52.